The third kappa shape index (κ3) is 2.45. The van der Waals surface area contributed by atoms with E-state index in [-0.39, 0.29) is 5.56 Å². The van der Waals surface area contributed by atoms with Crippen molar-refractivity contribution in [2.24, 2.45) is 0 Å². The number of anilines is 2. The molecule has 5 heteroatoms. The number of carboxylic acids is 1. The van der Waals surface area contributed by atoms with Crippen molar-refractivity contribution in [3.63, 3.8) is 0 Å². The summed E-state index contributed by atoms with van der Waals surface area (Å²) >= 11 is 0. The Morgan fingerprint density at radius 3 is 2.52 bits per heavy atom. The van der Waals surface area contributed by atoms with Crippen LogP contribution in [-0.4, -0.2) is 20.5 Å². The number of pyridine rings is 1. The number of nitrogens with zero attached hydrogens (tertiary/aromatic N) is 2. The van der Waals surface area contributed by atoms with Gasteiger partial charge in [-0.25, -0.2) is 9.78 Å². The molecular weight excluding hydrogens is 266 g/mol. The number of carboxylic acid groups (broad SMARTS) is 1. The fourth-order valence-electron chi connectivity index (χ4n) is 2.32. The van der Waals surface area contributed by atoms with Crippen LogP contribution < -0.4 is 5.32 Å². The van der Waals surface area contributed by atoms with Gasteiger partial charge in [-0.2, -0.15) is 0 Å². The number of aryl methyl sites for hydroxylation is 2. The van der Waals surface area contributed by atoms with E-state index in [1.807, 2.05) is 32.0 Å². The molecular formula is C16H15N3O2. The molecule has 0 fully saturated rings. The molecule has 3 rings (SSSR count). The number of aromatic carboxylic acids is 1. The number of para-hydroxylation sites is 1. The summed E-state index contributed by atoms with van der Waals surface area (Å²) in [7, 11) is 0. The molecule has 0 aliphatic carbocycles. The van der Waals surface area contributed by atoms with Gasteiger partial charge in [0.1, 0.15) is 11.5 Å². The van der Waals surface area contributed by atoms with Gasteiger partial charge in [-0.3, -0.25) is 0 Å². The average Bonchev–Trinajstić information content (AvgIpc) is 2.84. The molecule has 0 radical (unpaired) electrons. The van der Waals surface area contributed by atoms with Crippen molar-refractivity contribution in [2.75, 3.05) is 5.32 Å². The van der Waals surface area contributed by atoms with E-state index in [0.717, 1.165) is 16.8 Å². The van der Waals surface area contributed by atoms with E-state index in [1.54, 1.807) is 28.9 Å². The number of hydrogen-bond donors (Lipinski definition) is 2. The lowest BCUT2D eigenvalue weighted by Crippen LogP contribution is -1.97. The molecule has 0 spiro atoms. The number of hydrogen-bond acceptors (Lipinski definition) is 3. The molecule has 1 aromatic carbocycles. The van der Waals surface area contributed by atoms with Gasteiger partial charge in [0.05, 0.1) is 11.8 Å². The number of nitrogens with one attached hydrogen (secondary N) is 1. The van der Waals surface area contributed by atoms with Gasteiger partial charge in [-0.1, -0.05) is 18.2 Å². The highest BCUT2D eigenvalue weighted by Crippen LogP contribution is 2.24. The third-order valence-corrected chi connectivity index (χ3v) is 3.43. The number of rotatable bonds is 3. The van der Waals surface area contributed by atoms with E-state index in [1.165, 1.54) is 0 Å². The van der Waals surface area contributed by atoms with Crippen LogP contribution in [0.15, 0.2) is 42.7 Å². The highest BCUT2D eigenvalue weighted by Gasteiger charge is 2.08. The first-order valence-corrected chi connectivity index (χ1v) is 6.60. The SMILES string of the molecule is Cc1cccc(C)c1Nc1cn2cc(C(=O)O)ccc2n1. The predicted octanol–water partition coefficient (Wildman–Crippen LogP) is 3.39. The number of aromatic nitrogens is 2. The highest BCUT2D eigenvalue weighted by atomic mass is 16.4. The number of fused-ring (bicyclic) bond motifs is 1. The average molecular weight is 281 g/mol. The second-order valence-corrected chi connectivity index (χ2v) is 5.01. The zero-order valence-electron chi connectivity index (χ0n) is 11.8. The summed E-state index contributed by atoms with van der Waals surface area (Å²) in [6.45, 7) is 4.07. The second-order valence-electron chi connectivity index (χ2n) is 5.01. The third-order valence-electron chi connectivity index (χ3n) is 3.43. The Bertz CT molecular complexity index is 816. The summed E-state index contributed by atoms with van der Waals surface area (Å²) in [4.78, 5) is 15.4. The number of carbonyl (C=O) groups is 1. The molecule has 3 aromatic rings. The van der Waals surface area contributed by atoms with Crippen molar-refractivity contribution in [3.05, 3.63) is 59.4 Å². The van der Waals surface area contributed by atoms with E-state index in [0.29, 0.717) is 11.5 Å². The fraction of sp³-hybridized carbons (Fsp3) is 0.125. The van der Waals surface area contributed by atoms with Gasteiger partial charge in [0.15, 0.2) is 0 Å². The first-order valence-electron chi connectivity index (χ1n) is 6.60. The topological polar surface area (TPSA) is 66.6 Å². The second kappa shape index (κ2) is 4.94. The molecule has 5 nitrogen and oxygen atoms in total. The molecule has 0 saturated heterocycles. The Kier molecular flexibility index (Phi) is 3.10. The molecule has 2 aromatic heterocycles. The summed E-state index contributed by atoms with van der Waals surface area (Å²) < 4.78 is 1.71. The smallest absolute Gasteiger partial charge is 0.337 e. The van der Waals surface area contributed by atoms with Crippen molar-refractivity contribution in [1.82, 2.24) is 9.38 Å². The van der Waals surface area contributed by atoms with Gasteiger partial charge in [0, 0.05) is 11.9 Å². The summed E-state index contributed by atoms with van der Waals surface area (Å²) in [5.74, 6) is -0.259. The normalized spacial score (nSPS) is 10.8. The van der Waals surface area contributed by atoms with Crippen LogP contribution in [0, 0.1) is 13.8 Å². The summed E-state index contributed by atoms with van der Waals surface area (Å²) in [6, 6.07) is 9.33. The van der Waals surface area contributed by atoms with Crippen molar-refractivity contribution in [3.8, 4) is 0 Å². The van der Waals surface area contributed by atoms with Crippen molar-refractivity contribution >= 4 is 23.1 Å². The van der Waals surface area contributed by atoms with Crippen molar-refractivity contribution in [2.45, 2.75) is 13.8 Å². The quantitative estimate of drug-likeness (QED) is 0.772. The summed E-state index contributed by atoms with van der Waals surface area (Å²) in [5, 5.41) is 12.3. The Morgan fingerprint density at radius 2 is 1.86 bits per heavy atom. The summed E-state index contributed by atoms with van der Waals surface area (Å²) in [5.41, 5.74) is 4.24. The van der Waals surface area contributed by atoms with Gasteiger partial charge < -0.3 is 14.8 Å². The lowest BCUT2D eigenvalue weighted by Gasteiger charge is -2.09. The Balaban J connectivity index is 2.00. The molecule has 0 atom stereocenters. The molecule has 0 aliphatic heterocycles. The van der Waals surface area contributed by atoms with E-state index < -0.39 is 5.97 Å². The van der Waals surface area contributed by atoms with Gasteiger partial charge >= 0.3 is 5.97 Å². The minimum atomic E-state index is -0.949. The van der Waals surface area contributed by atoms with Gasteiger partial charge in [-0.15, -0.1) is 0 Å². The van der Waals surface area contributed by atoms with Gasteiger partial charge in [0.25, 0.3) is 0 Å². The van der Waals surface area contributed by atoms with Crippen LogP contribution in [0.1, 0.15) is 21.5 Å². The Hall–Kier alpha value is -2.82. The molecule has 106 valence electrons. The fourth-order valence-corrected chi connectivity index (χ4v) is 2.32. The first-order chi connectivity index (χ1) is 10.0. The maximum Gasteiger partial charge on any atom is 0.337 e. The lowest BCUT2D eigenvalue weighted by molar-refractivity contribution is 0.0696. The molecule has 0 amide bonds. The van der Waals surface area contributed by atoms with Crippen molar-refractivity contribution < 1.29 is 9.90 Å². The molecule has 2 heterocycles. The maximum absolute atomic E-state index is 11.0. The van der Waals surface area contributed by atoms with Crippen LogP contribution in [0.25, 0.3) is 5.65 Å². The zero-order chi connectivity index (χ0) is 15.0. The predicted molar refractivity (Wildman–Crippen MR) is 81.4 cm³/mol. The van der Waals surface area contributed by atoms with E-state index in [4.69, 9.17) is 5.11 Å². The standard InChI is InChI=1S/C16H15N3O2/c1-10-4-3-5-11(2)15(10)18-13-9-19-8-12(16(20)21)6-7-14(19)17-13/h3-9,18H,1-2H3,(H,20,21). The zero-order valence-corrected chi connectivity index (χ0v) is 11.8. The number of imidazole rings is 1. The largest absolute Gasteiger partial charge is 0.478 e. The Labute approximate surface area is 121 Å². The molecule has 0 saturated carbocycles. The van der Waals surface area contributed by atoms with Gasteiger partial charge in [-0.05, 0) is 37.1 Å². The molecule has 2 N–H and O–H groups in total. The Morgan fingerprint density at radius 1 is 1.14 bits per heavy atom. The van der Waals surface area contributed by atoms with E-state index >= 15 is 0 Å². The van der Waals surface area contributed by atoms with Crippen LogP contribution in [0.3, 0.4) is 0 Å². The van der Waals surface area contributed by atoms with Crippen LogP contribution in [0.4, 0.5) is 11.5 Å². The molecule has 21 heavy (non-hydrogen) atoms. The molecule has 0 unspecified atom stereocenters. The first kappa shape index (κ1) is 13.2. The highest BCUT2D eigenvalue weighted by molar-refractivity contribution is 5.87. The number of benzene rings is 1. The van der Waals surface area contributed by atoms with E-state index in [2.05, 4.69) is 10.3 Å². The van der Waals surface area contributed by atoms with Crippen LogP contribution in [0.5, 0.6) is 0 Å². The van der Waals surface area contributed by atoms with Crippen LogP contribution in [0.2, 0.25) is 0 Å². The monoisotopic (exact) mass is 281 g/mol. The lowest BCUT2D eigenvalue weighted by atomic mass is 10.1. The van der Waals surface area contributed by atoms with E-state index in [9.17, 15) is 4.79 Å². The molecule has 0 bridgehead atoms. The summed E-state index contributed by atoms with van der Waals surface area (Å²) in [6.07, 6.45) is 3.34. The minimum Gasteiger partial charge on any atom is -0.478 e. The molecule has 0 aliphatic rings. The van der Waals surface area contributed by atoms with Crippen LogP contribution in [-0.2, 0) is 0 Å². The van der Waals surface area contributed by atoms with Crippen molar-refractivity contribution in [1.29, 1.82) is 0 Å². The van der Waals surface area contributed by atoms with Gasteiger partial charge in [0.2, 0.25) is 0 Å². The minimum absolute atomic E-state index is 0.235. The van der Waals surface area contributed by atoms with Crippen LogP contribution >= 0.6 is 0 Å². The maximum atomic E-state index is 11.0.